The molecule has 3 N–H and O–H groups in total. The highest BCUT2D eigenvalue weighted by molar-refractivity contribution is 7.85. The van der Waals surface area contributed by atoms with Crippen molar-refractivity contribution in [2.24, 2.45) is 5.73 Å². The van der Waals surface area contributed by atoms with Crippen LogP contribution in [0.3, 0.4) is 0 Å². The highest BCUT2D eigenvalue weighted by atomic mass is 32.2. The van der Waals surface area contributed by atoms with Gasteiger partial charge in [-0.15, -0.1) is 0 Å². The summed E-state index contributed by atoms with van der Waals surface area (Å²) in [6.07, 6.45) is 1.27. The quantitative estimate of drug-likeness (QED) is 0.733. The van der Waals surface area contributed by atoms with Gasteiger partial charge in [-0.05, 0) is 18.4 Å². The van der Waals surface area contributed by atoms with E-state index in [4.69, 9.17) is 10.3 Å². The normalized spacial score (nSPS) is 13.7. The third-order valence-electron chi connectivity index (χ3n) is 2.07. The third kappa shape index (κ3) is 5.51. The van der Waals surface area contributed by atoms with Crippen LogP contribution < -0.4 is 5.73 Å². The van der Waals surface area contributed by atoms with E-state index in [1.807, 2.05) is 30.3 Å². The molecule has 1 atom stereocenters. The summed E-state index contributed by atoms with van der Waals surface area (Å²) in [5.41, 5.74) is 6.68. The van der Waals surface area contributed by atoms with E-state index in [0.717, 1.165) is 12.0 Å². The Morgan fingerprint density at radius 3 is 2.40 bits per heavy atom. The first kappa shape index (κ1) is 12.2. The van der Waals surface area contributed by atoms with E-state index in [9.17, 15) is 8.42 Å². The summed E-state index contributed by atoms with van der Waals surface area (Å²) in [5, 5.41) is 0. The molecule has 4 nitrogen and oxygen atoms in total. The zero-order valence-corrected chi connectivity index (χ0v) is 9.15. The Hall–Kier alpha value is -0.910. The molecule has 1 rings (SSSR count). The van der Waals surface area contributed by atoms with Crippen LogP contribution in [0.25, 0.3) is 0 Å². The molecule has 0 amide bonds. The van der Waals surface area contributed by atoms with Gasteiger partial charge in [-0.2, -0.15) is 8.42 Å². The molecule has 5 heteroatoms. The van der Waals surface area contributed by atoms with Crippen molar-refractivity contribution in [3.05, 3.63) is 35.9 Å². The van der Waals surface area contributed by atoms with Gasteiger partial charge in [0.2, 0.25) is 0 Å². The third-order valence-corrected chi connectivity index (χ3v) is 2.92. The summed E-state index contributed by atoms with van der Waals surface area (Å²) in [5.74, 6) is -0.375. The molecule has 0 radical (unpaired) electrons. The lowest BCUT2D eigenvalue weighted by Gasteiger charge is -2.08. The molecule has 0 aliphatic carbocycles. The minimum absolute atomic E-state index is 0.375. The van der Waals surface area contributed by atoms with E-state index in [-0.39, 0.29) is 5.75 Å². The lowest BCUT2D eigenvalue weighted by Crippen LogP contribution is -2.29. The summed E-state index contributed by atoms with van der Waals surface area (Å²) in [6.45, 7) is 0. The lowest BCUT2D eigenvalue weighted by atomic mass is 10.1. The largest absolute Gasteiger partial charge is 0.327 e. The summed E-state index contributed by atoms with van der Waals surface area (Å²) in [4.78, 5) is 0. The minimum Gasteiger partial charge on any atom is -0.327 e. The van der Waals surface area contributed by atoms with Crippen LogP contribution in [0.2, 0.25) is 0 Å². The Labute approximate surface area is 89.9 Å². The molecule has 0 aliphatic rings. The Morgan fingerprint density at radius 1 is 1.27 bits per heavy atom. The van der Waals surface area contributed by atoms with Gasteiger partial charge in [0.15, 0.2) is 0 Å². The molecule has 1 aromatic rings. The Bertz CT molecular complexity index is 388. The second kappa shape index (κ2) is 5.25. The van der Waals surface area contributed by atoms with E-state index in [0.29, 0.717) is 6.42 Å². The maximum Gasteiger partial charge on any atom is 0.266 e. The zero-order chi connectivity index (χ0) is 11.3. The molecule has 0 bridgehead atoms. The fourth-order valence-corrected chi connectivity index (χ4v) is 2.06. The van der Waals surface area contributed by atoms with E-state index in [2.05, 4.69) is 0 Å². The van der Waals surface area contributed by atoms with E-state index in [1.165, 1.54) is 0 Å². The summed E-state index contributed by atoms with van der Waals surface area (Å²) in [6, 6.07) is 9.16. The SMILES string of the molecule is N[C@@H](CCc1ccccc1)CS(=O)(=O)O. The van der Waals surface area contributed by atoms with Gasteiger partial charge in [-0.3, -0.25) is 4.55 Å². The van der Waals surface area contributed by atoms with E-state index >= 15 is 0 Å². The van der Waals surface area contributed by atoms with Gasteiger partial charge in [0.05, 0.1) is 5.75 Å². The Morgan fingerprint density at radius 2 is 1.87 bits per heavy atom. The first-order valence-electron chi connectivity index (χ1n) is 4.72. The van der Waals surface area contributed by atoms with Crippen LogP contribution in [0.4, 0.5) is 0 Å². The number of hydrogen-bond acceptors (Lipinski definition) is 3. The summed E-state index contributed by atoms with van der Waals surface area (Å²) < 4.78 is 29.6. The average molecular weight is 229 g/mol. The van der Waals surface area contributed by atoms with Crippen molar-refractivity contribution in [1.82, 2.24) is 0 Å². The van der Waals surface area contributed by atoms with Crippen molar-refractivity contribution >= 4 is 10.1 Å². The van der Waals surface area contributed by atoms with Gasteiger partial charge < -0.3 is 5.73 Å². The maximum atomic E-state index is 10.5. The van der Waals surface area contributed by atoms with Crippen molar-refractivity contribution in [2.45, 2.75) is 18.9 Å². The molecule has 0 saturated heterocycles. The fraction of sp³-hybridized carbons (Fsp3) is 0.400. The molecular formula is C10H15NO3S. The minimum atomic E-state index is -3.95. The molecule has 0 unspecified atom stereocenters. The molecule has 15 heavy (non-hydrogen) atoms. The molecule has 0 aromatic heterocycles. The van der Waals surface area contributed by atoms with Crippen LogP contribution in [0.15, 0.2) is 30.3 Å². The first-order chi connectivity index (χ1) is 6.97. The smallest absolute Gasteiger partial charge is 0.266 e. The average Bonchev–Trinajstić information content (AvgIpc) is 2.14. The second-order valence-corrected chi connectivity index (χ2v) is 5.03. The van der Waals surface area contributed by atoms with Gasteiger partial charge >= 0.3 is 0 Å². The van der Waals surface area contributed by atoms with Crippen molar-refractivity contribution < 1.29 is 13.0 Å². The second-order valence-electron chi connectivity index (χ2n) is 3.53. The summed E-state index contributed by atoms with van der Waals surface area (Å²) >= 11 is 0. The van der Waals surface area contributed by atoms with Crippen LogP contribution in [0, 0.1) is 0 Å². The van der Waals surface area contributed by atoms with Gasteiger partial charge in [0.25, 0.3) is 10.1 Å². The zero-order valence-electron chi connectivity index (χ0n) is 8.33. The summed E-state index contributed by atoms with van der Waals surface area (Å²) in [7, 11) is -3.95. The monoisotopic (exact) mass is 229 g/mol. The number of rotatable bonds is 5. The number of hydrogen-bond donors (Lipinski definition) is 2. The molecule has 84 valence electrons. The van der Waals surface area contributed by atoms with Crippen molar-refractivity contribution in [3.63, 3.8) is 0 Å². The van der Waals surface area contributed by atoms with Crippen LogP contribution in [-0.4, -0.2) is 24.8 Å². The van der Waals surface area contributed by atoms with Crippen LogP contribution in [0.1, 0.15) is 12.0 Å². The molecule has 0 spiro atoms. The molecule has 0 fully saturated rings. The molecule has 0 heterocycles. The number of benzene rings is 1. The van der Waals surface area contributed by atoms with Gasteiger partial charge in [0.1, 0.15) is 0 Å². The van der Waals surface area contributed by atoms with Gasteiger partial charge in [0, 0.05) is 6.04 Å². The Kier molecular flexibility index (Phi) is 4.26. The molecular weight excluding hydrogens is 214 g/mol. The number of nitrogens with two attached hydrogens (primary N) is 1. The van der Waals surface area contributed by atoms with Gasteiger partial charge in [-0.1, -0.05) is 30.3 Å². The topological polar surface area (TPSA) is 80.4 Å². The predicted octanol–water partition coefficient (Wildman–Crippen LogP) is 0.834. The van der Waals surface area contributed by atoms with E-state index < -0.39 is 16.2 Å². The van der Waals surface area contributed by atoms with Crippen LogP contribution in [0.5, 0.6) is 0 Å². The fourth-order valence-electron chi connectivity index (χ4n) is 1.35. The first-order valence-corrected chi connectivity index (χ1v) is 6.33. The lowest BCUT2D eigenvalue weighted by molar-refractivity contribution is 0.474. The maximum absolute atomic E-state index is 10.5. The van der Waals surface area contributed by atoms with Crippen LogP contribution >= 0.6 is 0 Å². The highest BCUT2D eigenvalue weighted by Gasteiger charge is 2.12. The van der Waals surface area contributed by atoms with Crippen molar-refractivity contribution in [2.75, 3.05) is 5.75 Å². The number of aryl methyl sites for hydroxylation is 1. The highest BCUT2D eigenvalue weighted by Crippen LogP contribution is 2.04. The molecule has 0 saturated carbocycles. The van der Waals surface area contributed by atoms with Gasteiger partial charge in [-0.25, -0.2) is 0 Å². The van der Waals surface area contributed by atoms with Crippen molar-refractivity contribution in [1.29, 1.82) is 0 Å². The molecule has 0 aliphatic heterocycles. The van der Waals surface area contributed by atoms with E-state index in [1.54, 1.807) is 0 Å². The molecule has 1 aromatic carbocycles. The Balaban J connectivity index is 2.38. The standard InChI is InChI=1S/C10H15NO3S/c11-10(8-15(12,13)14)7-6-9-4-2-1-3-5-9/h1-5,10H,6-8,11H2,(H,12,13,14)/t10-/m0/s1. The van der Waals surface area contributed by atoms with Crippen molar-refractivity contribution in [3.8, 4) is 0 Å². The predicted molar refractivity (Wildman–Crippen MR) is 59.2 cm³/mol. The van der Waals surface area contributed by atoms with Crippen LogP contribution in [-0.2, 0) is 16.5 Å².